The van der Waals surface area contributed by atoms with Gasteiger partial charge in [-0.15, -0.1) is 0 Å². The van der Waals surface area contributed by atoms with Gasteiger partial charge in [0.2, 0.25) is 0 Å². The van der Waals surface area contributed by atoms with Crippen molar-refractivity contribution in [3.63, 3.8) is 0 Å². The van der Waals surface area contributed by atoms with Crippen LogP contribution in [0.25, 0.3) is 0 Å². The van der Waals surface area contributed by atoms with E-state index in [1.807, 2.05) is 61.1 Å². The van der Waals surface area contributed by atoms with E-state index >= 15 is 0 Å². The first kappa shape index (κ1) is 15.1. The van der Waals surface area contributed by atoms with Gasteiger partial charge in [0.1, 0.15) is 11.9 Å². The zero-order valence-electron chi connectivity index (χ0n) is 13.5. The Morgan fingerprint density at radius 2 is 2.28 bits per heavy atom. The fraction of sp³-hybridized carbons (Fsp3) is 0.105. The predicted molar refractivity (Wildman–Crippen MR) is 92.1 cm³/mol. The Morgan fingerprint density at radius 3 is 3.08 bits per heavy atom. The number of carbonyl (C=O) groups is 1. The molecule has 3 N–H and O–H groups in total. The summed E-state index contributed by atoms with van der Waals surface area (Å²) in [4.78, 5) is 21.9. The maximum atomic E-state index is 12.7. The molecule has 0 saturated carbocycles. The summed E-state index contributed by atoms with van der Waals surface area (Å²) in [5.74, 6) is -0.133. The Bertz CT molecular complexity index is 858. The second kappa shape index (κ2) is 6.60. The van der Waals surface area contributed by atoms with Crippen molar-refractivity contribution >= 4 is 5.91 Å². The van der Waals surface area contributed by atoms with Crippen LogP contribution >= 0.6 is 0 Å². The Balaban J connectivity index is 1.55. The molecule has 25 heavy (non-hydrogen) atoms. The van der Waals surface area contributed by atoms with E-state index in [0.717, 1.165) is 16.8 Å². The quantitative estimate of drug-likeness (QED) is 0.888. The van der Waals surface area contributed by atoms with Gasteiger partial charge in [-0.2, -0.15) is 0 Å². The van der Waals surface area contributed by atoms with Gasteiger partial charge in [-0.05, 0) is 29.8 Å². The maximum Gasteiger partial charge on any atom is 0.269 e. The molecule has 0 aromatic carbocycles. The van der Waals surface area contributed by atoms with Crippen LogP contribution in [0.4, 0.5) is 0 Å². The monoisotopic (exact) mass is 332 g/mol. The van der Waals surface area contributed by atoms with Gasteiger partial charge >= 0.3 is 0 Å². The van der Waals surface area contributed by atoms with Gasteiger partial charge in [0.25, 0.3) is 5.91 Å². The van der Waals surface area contributed by atoms with Crippen LogP contribution in [0.15, 0.2) is 84.9 Å². The molecule has 4 rings (SSSR count). The molecule has 0 radical (unpaired) electrons. The van der Waals surface area contributed by atoms with Crippen LogP contribution in [0.3, 0.4) is 0 Å². The van der Waals surface area contributed by atoms with E-state index < -0.39 is 0 Å². The van der Waals surface area contributed by atoms with E-state index in [-0.39, 0.29) is 12.1 Å². The van der Waals surface area contributed by atoms with Crippen LogP contribution in [0.1, 0.15) is 17.3 Å². The Morgan fingerprint density at radius 1 is 1.32 bits per heavy atom. The molecule has 0 saturated heterocycles. The van der Waals surface area contributed by atoms with E-state index in [4.69, 9.17) is 0 Å². The van der Waals surface area contributed by atoms with E-state index in [1.54, 1.807) is 12.4 Å². The summed E-state index contributed by atoms with van der Waals surface area (Å²) in [6.07, 6.45) is 14.9. The van der Waals surface area contributed by atoms with Crippen molar-refractivity contribution in [3.05, 3.63) is 96.0 Å². The van der Waals surface area contributed by atoms with Crippen molar-refractivity contribution in [2.24, 2.45) is 0 Å². The minimum Gasteiger partial charge on any atom is -0.355 e. The number of amides is 1. The predicted octanol–water partition coefficient (Wildman–Crippen LogP) is 1.41. The summed E-state index contributed by atoms with van der Waals surface area (Å²) < 4.78 is 0. The molecule has 2 aliphatic rings. The molecule has 6 nitrogen and oxygen atoms in total. The normalized spacial score (nSPS) is 18.1. The molecule has 0 fully saturated rings. The van der Waals surface area contributed by atoms with Crippen molar-refractivity contribution in [2.45, 2.75) is 12.7 Å². The highest BCUT2D eigenvalue weighted by molar-refractivity contribution is 5.94. The SMILES string of the molecule is O=C(NCc1cccnc1)C1=C2C=CC=CN2C(c2ccc[nH+]c2)N1. The van der Waals surface area contributed by atoms with Gasteiger partial charge in [-0.25, -0.2) is 4.98 Å². The van der Waals surface area contributed by atoms with Crippen LogP contribution in [0, 0.1) is 0 Å². The number of nitrogens with one attached hydrogen (secondary N) is 3. The molecule has 0 aliphatic carbocycles. The zero-order chi connectivity index (χ0) is 17.1. The smallest absolute Gasteiger partial charge is 0.269 e. The number of pyridine rings is 2. The Hall–Kier alpha value is -3.41. The second-order valence-corrected chi connectivity index (χ2v) is 5.80. The van der Waals surface area contributed by atoms with Crippen molar-refractivity contribution < 1.29 is 9.78 Å². The zero-order valence-corrected chi connectivity index (χ0v) is 13.5. The van der Waals surface area contributed by atoms with Crippen LogP contribution in [0.5, 0.6) is 0 Å². The number of nitrogens with zero attached hydrogens (tertiary/aromatic N) is 2. The van der Waals surface area contributed by atoms with E-state index in [2.05, 4.69) is 25.5 Å². The van der Waals surface area contributed by atoms with Gasteiger partial charge < -0.3 is 15.5 Å². The lowest BCUT2D eigenvalue weighted by Gasteiger charge is -2.24. The molecule has 2 aliphatic heterocycles. The summed E-state index contributed by atoms with van der Waals surface area (Å²) in [6, 6.07) is 7.76. The third-order valence-electron chi connectivity index (χ3n) is 4.16. The molecule has 1 amide bonds. The molecule has 0 spiro atoms. The number of aromatic nitrogens is 2. The van der Waals surface area contributed by atoms with Gasteiger partial charge in [0, 0.05) is 31.2 Å². The van der Waals surface area contributed by atoms with Crippen molar-refractivity contribution in [1.82, 2.24) is 20.5 Å². The molecular formula is C19H18N5O+. The van der Waals surface area contributed by atoms with Crippen LogP contribution in [0.2, 0.25) is 0 Å². The van der Waals surface area contributed by atoms with E-state index in [1.165, 1.54) is 0 Å². The van der Waals surface area contributed by atoms with E-state index in [9.17, 15) is 4.79 Å². The molecular weight excluding hydrogens is 314 g/mol. The van der Waals surface area contributed by atoms with Crippen LogP contribution < -0.4 is 15.6 Å². The highest BCUT2D eigenvalue weighted by Gasteiger charge is 2.34. The minimum absolute atomic E-state index is 0.118. The van der Waals surface area contributed by atoms with Gasteiger partial charge in [0.15, 0.2) is 12.4 Å². The Kier molecular flexibility index (Phi) is 4.00. The van der Waals surface area contributed by atoms with Gasteiger partial charge in [-0.1, -0.05) is 12.1 Å². The minimum atomic E-state index is -0.133. The topological polar surface area (TPSA) is 71.4 Å². The molecule has 4 heterocycles. The first-order valence-corrected chi connectivity index (χ1v) is 8.10. The second-order valence-electron chi connectivity index (χ2n) is 5.80. The number of aromatic amines is 1. The summed E-state index contributed by atoms with van der Waals surface area (Å²) in [7, 11) is 0. The maximum absolute atomic E-state index is 12.7. The fourth-order valence-electron chi connectivity index (χ4n) is 2.95. The number of hydrogen-bond donors (Lipinski definition) is 2. The van der Waals surface area contributed by atoms with Crippen LogP contribution in [-0.2, 0) is 11.3 Å². The first-order chi connectivity index (χ1) is 12.3. The highest BCUT2D eigenvalue weighted by atomic mass is 16.2. The summed E-state index contributed by atoms with van der Waals surface area (Å²) in [5.41, 5.74) is 3.44. The standard InChI is InChI=1S/C19H17N5O/c25-19(22-12-14-5-3-8-20-11-14)17-16-7-1-2-10-24(16)18(23-17)15-6-4-9-21-13-15/h1-11,13,18,23H,12H2,(H,22,25)/p+1. The van der Waals surface area contributed by atoms with Crippen molar-refractivity contribution in [1.29, 1.82) is 0 Å². The molecule has 0 bridgehead atoms. The van der Waals surface area contributed by atoms with Gasteiger partial charge in [-0.3, -0.25) is 9.78 Å². The number of H-pyrrole nitrogens is 1. The average molecular weight is 332 g/mol. The lowest BCUT2D eigenvalue weighted by Crippen LogP contribution is -2.32. The summed E-state index contributed by atoms with van der Waals surface area (Å²) >= 11 is 0. The summed E-state index contributed by atoms with van der Waals surface area (Å²) in [5, 5.41) is 6.29. The molecule has 124 valence electrons. The molecule has 6 heteroatoms. The average Bonchev–Trinajstić information content (AvgIpc) is 3.07. The molecule has 2 aromatic heterocycles. The Labute approximate surface area is 145 Å². The fourth-order valence-corrected chi connectivity index (χ4v) is 2.95. The third kappa shape index (κ3) is 3.01. The van der Waals surface area contributed by atoms with Crippen LogP contribution in [-0.4, -0.2) is 15.8 Å². The number of fused-ring (bicyclic) bond motifs is 1. The highest BCUT2D eigenvalue weighted by Crippen LogP contribution is 2.33. The number of allylic oxidation sites excluding steroid dienone is 3. The largest absolute Gasteiger partial charge is 0.355 e. The lowest BCUT2D eigenvalue weighted by atomic mass is 10.2. The number of rotatable bonds is 4. The number of hydrogen-bond acceptors (Lipinski definition) is 4. The van der Waals surface area contributed by atoms with E-state index in [0.29, 0.717) is 12.2 Å². The van der Waals surface area contributed by atoms with Crippen molar-refractivity contribution in [3.8, 4) is 0 Å². The molecule has 1 unspecified atom stereocenters. The van der Waals surface area contributed by atoms with Gasteiger partial charge in [0.05, 0.1) is 11.3 Å². The molecule has 1 atom stereocenters. The lowest BCUT2D eigenvalue weighted by molar-refractivity contribution is -0.379. The molecule has 2 aromatic rings. The first-order valence-electron chi connectivity index (χ1n) is 8.10. The van der Waals surface area contributed by atoms with Crippen molar-refractivity contribution in [2.75, 3.05) is 0 Å². The number of carbonyl (C=O) groups excluding carboxylic acids is 1. The third-order valence-corrected chi connectivity index (χ3v) is 4.16. The summed E-state index contributed by atoms with van der Waals surface area (Å²) in [6.45, 7) is 0.439.